The summed E-state index contributed by atoms with van der Waals surface area (Å²) in [6, 6.07) is 16.1. The Morgan fingerprint density at radius 2 is 1.75 bits per heavy atom. The van der Waals surface area contributed by atoms with Gasteiger partial charge in [-0.3, -0.25) is 4.79 Å². The molecule has 0 saturated carbocycles. The molecule has 1 heterocycles. The number of sulfonamides is 1. The molecule has 0 N–H and O–H groups in total. The van der Waals surface area contributed by atoms with Gasteiger partial charge in [-0.05, 0) is 37.6 Å². The van der Waals surface area contributed by atoms with E-state index in [9.17, 15) is 13.2 Å². The van der Waals surface area contributed by atoms with Gasteiger partial charge in [-0.2, -0.15) is 4.31 Å². The molecule has 6 nitrogen and oxygen atoms in total. The van der Waals surface area contributed by atoms with E-state index in [2.05, 4.69) is 0 Å². The average Bonchev–Trinajstić information content (AvgIpc) is 2.73. The van der Waals surface area contributed by atoms with Gasteiger partial charge in [0.2, 0.25) is 10.0 Å². The van der Waals surface area contributed by atoms with Gasteiger partial charge in [0.1, 0.15) is 0 Å². The summed E-state index contributed by atoms with van der Waals surface area (Å²) in [6.45, 7) is 5.80. The Morgan fingerprint density at radius 1 is 1.07 bits per heavy atom. The summed E-state index contributed by atoms with van der Waals surface area (Å²) >= 11 is 0. The number of carbonyl (C=O) groups is 1. The number of ether oxygens (including phenoxy) is 1. The summed E-state index contributed by atoms with van der Waals surface area (Å²) in [7, 11) is -3.64. The highest BCUT2D eigenvalue weighted by molar-refractivity contribution is 7.89. The van der Waals surface area contributed by atoms with E-state index in [0.717, 1.165) is 5.56 Å². The first-order chi connectivity index (χ1) is 13.4. The maximum atomic E-state index is 13.1. The first-order valence-corrected chi connectivity index (χ1v) is 10.9. The van der Waals surface area contributed by atoms with Crippen LogP contribution in [0.25, 0.3) is 0 Å². The molecule has 1 aliphatic rings. The molecule has 0 aliphatic carbocycles. The molecule has 1 saturated heterocycles. The fourth-order valence-electron chi connectivity index (χ4n) is 3.16. The Labute approximate surface area is 166 Å². The lowest BCUT2D eigenvalue weighted by atomic mass is 10.1. The van der Waals surface area contributed by atoms with Gasteiger partial charge in [0.15, 0.2) is 0 Å². The normalized spacial score (nSPS) is 15.5. The second kappa shape index (κ2) is 8.86. The van der Waals surface area contributed by atoms with Crippen LogP contribution in [0.3, 0.4) is 0 Å². The predicted octanol–water partition coefficient (Wildman–Crippen LogP) is 2.76. The van der Waals surface area contributed by atoms with Crippen LogP contribution in [0.15, 0.2) is 59.5 Å². The standard InChI is InChI=1S/C21H26N2O4S/c1-17(2)23(16-18-7-4-3-5-8-18)21(24)19-9-6-10-20(15-19)28(25,26)22-11-13-27-14-12-22/h3-10,15,17H,11-14,16H2,1-2H3. The second-order valence-corrected chi connectivity index (χ2v) is 8.99. The number of morpholine rings is 1. The molecule has 0 bridgehead atoms. The summed E-state index contributed by atoms with van der Waals surface area (Å²) in [5.41, 5.74) is 1.40. The molecule has 150 valence electrons. The summed E-state index contributed by atoms with van der Waals surface area (Å²) < 4.78 is 32.5. The smallest absolute Gasteiger partial charge is 0.254 e. The monoisotopic (exact) mass is 402 g/mol. The van der Waals surface area contributed by atoms with Crippen LogP contribution in [0.5, 0.6) is 0 Å². The quantitative estimate of drug-likeness (QED) is 0.745. The van der Waals surface area contributed by atoms with E-state index in [1.807, 2.05) is 44.2 Å². The number of rotatable bonds is 6. The van der Waals surface area contributed by atoms with Crippen LogP contribution in [0.1, 0.15) is 29.8 Å². The lowest BCUT2D eigenvalue weighted by molar-refractivity contribution is 0.0689. The first-order valence-electron chi connectivity index (χ1n) is 9.42. The van der Waals surface area contributed by atoms with Gasteiger partial charge in [0, 0.05) is 31.2 Å². The Morgan fingerprint density at radius 3 is 2.39 bits per heavy atom. The van der Waals surface area contributed by atoms with Crippen molar-refractivity contribution in [3.05, 3.63) is 65.7 Å². The topological polar surface area (TPSA) is 66.9 Å². The average molecular weight is 403 g/mol. The van der Waals surface area contributed by atoms with Crippen molar-refractivity contribution in [2.45, 2.75) is 31.3 Å². The maximum Gasteiger partial charge on any atom is 0.254 e. The number of nitrogens with zero attached hydrogens (tertiary/aromatic N) is 2. The molecule has 2 aromatic rings. The van der Waals surface area contributed by atoms with Crippen molar-refractivity contribution in [2.24, 2.45) is 0 Å². The third-order valence-electron chi connectivity index (χ3n) is 4.77. The highest BCUT2D eigenvalue weighted by Gasteiger charge is 2.27. The van der Waals surface area contributed by atoms with E-state index >= 15 is 0 Å². The molecular formula is C21H26N2O4S. The lowest BCUT2D eigenvalue weighted by Gasteiger charge is -2.28. The van der Waals surface area contributed by atoms with E-state index in [1.165, 1.54) is 10.4 Å². The number of amides is 1. The van der Waals surface area contributed by atoms with E-state index in [4.69, 9.17) is 4.74 Å². The summed E-state index contributed by atoms with van der Waals surface area (Å²) in [5.74, 6) is -0.183. The molecule has 0 atom stereocenters. The number of carbonyl (C=O) groups excluding carboxylic acids is 1. The minimum Gasteiger partial charge on any atom is -0.379 e. The molecule has 0 aromatic heterocycles. The highest BCUT2D eigenvalue weighted by Crippen LogP contribution is 2.20. The Balaban J connectivity index is 1.86. The molecule has 28 heavy (non-hydrogen) atoms. The minimum absolute atomic E-state index is 0.0211. The second-order valence-electron chi connectivity index (χ2n) is 7.06. The van der Waals surface area contributed by atoms with Crippen LogP contribution in [-0.2, 0) is 21.3 Å². The summed E-state index contributed by atoms with van der Waals surface area (Å²) in [4.78, 5) is 15.0. The van der Waals surface area contributed by atoms with Crippen LogP contribution in [-0.4, -0.2) is 55.9 Å². The van der Waals surface area contributed by atoms with Crippen molar-refractivity contribution in [2.75, 3.05) is 26.3 Å². The third-order valence-corrected chi connectivity index (χ3v) is 6.66. The minimum atomic E-state index is -3.64. The Bertz CT molecular complexity index is 907. The summed E-state index contributed by atoms with van der Waals surface area (Å²) in [6.07, 6.45) is 0. The van der Waals surface area contributed by atoms with E-state index in [1.54, 1.807) is 23.1 Å². The molecule has 3 rings (SSSR count). The van der Waals surface area contributed by atoms with Crippen molar-refractivity contribution >= 4 is 15.9 Å². The number of hydrogen-bond acceptors (Lipinski definition) is 4. The van der Waals surface area contributed by atoms with Gasteiger partial charge in [-0.25, -0.2) is 8.42 Å². The summed E-state index contributed by atoms with van der Waals surface area (Å²) in [5, 5.41) is 0. The predicted molar refractivity (Wildman–Crippen MR) is 107 cm³/mol. The van der Waals surface area contributed by atoms with Gasteiger partial charge >= 0.3 is 0 Å². The highest BCUT2D eigenvalue weighted by atomic mass is 32.2. The van der Waals surface area contributed by atoms with Crippen molar-refractivity contribution in [1.82, 2.24) is 9.21 Å². The molecule has 1 aliphatic heterocycles. The van der Waals surface area contributed by atoms with Gasteiger partial charge in [-0.1, -0.05) is 36.4 Å². The molecule has 7 heteroatoms. The van der Waals surface area contributed by atoms with E-state index in [0.29, 0.717) is 38.4 Å². The largest absolute Gasteiger partial charge is 0.379 e. The Hall–Kier alpha value is -2.22. The van der Waals surface area contributed by atoms with Crippen molar-refractivity contribution < 1.29 is 17.9 Å². The molecule has 1 fully saturated rings. The zero-order valence-corrected chi connectivity index (χ0v) is 17.1. The fraction of sp³-hybridized carbons (Fsp3) is 0.381. The van der Waals surface area contributed by atoms with Crippen LogP contribution in [0, 0.1) is 0 Å². The SMILES string of the molecule is CC(C)N(Cc1ccccc1)C(=O)c1cccc(S(=O)(=O)N2CCOCC2)c1. The van der Waals surface area contributed by atoms with Crippen LogP contribution >= 0.6 is 0 Å². The van der Waals surface area contributed by atoms with Crippen LogP contribution < -0.4 is 0 Å². The van der Waals surface area contributed by atoms with Gasteiger partial charge in [-0.15, -0.1) is 0 Å². The molecule has 1 amide bonds. The van der Waals surface area contributed by atoms with Crippen LogP contribution in [0.2, 0.25) is 0 Å². The fourth-order valence-corrected chi connectivity index (χ4v) is 4.61. The van der Waals surface area contributed by atoms with Gasteiger partial charge in [0.05, 0.1) is 18.1 Å². The van der Waals surface area contributed by atoms with Crippen molar-refractivity contribution in [3.8, 4) is 0 Å². The maximum absolute atomic E-state index is 13.1. The molecule has 2 aromatic carbocycles. The zero-order valence-electron chi connectivity index (χ0n) is 16.2. The third kappa shape index (κ3) is 4.60. The van der Waals surface area contributed by atoms with Gasteiger partial charge in [0.25, 0.3) is 5.91 Å². The lowest BCUT2D eigenvalue weighted by Crippen LogP contribution is -2.40. The molecule has 0 radical (unpaired) electrons. The Kier molecular flexibility index (Phi) is 6.49. The van der Waals surface area contributed by atoms with Gasteiger partial charge < -0.3 is 9.64 Å². The molecule has 0 spiro atoms. The molecular weight excluding hydrogens is 376 g/mol. The van der Waals surface area contributed by atoms with Crippen LogP contribution in [0.4, 0.5) is 0 Å². The van der Waals surface area contributed by atoms with Crippen molar-refractivity contribution in [3.63, 3.8) is 0 Å². The van der Waals surface area contributed by atoms with E-state index < -0.39 is 10.0 Å². The van der Waals surface area contributed by atoms with Crippen molar-refractivity contribution in [1.29, 1.82) is 0 Å². The first kappa shape index (κ1) is 20.5. The number of benzene rings is 2. The zero-order chi connectivity index (χ0) is 20.1. The number of hydrogen-bond donors (Lipinski definition) is 0. The molecule has 0 unspecified atom stereocenters. The van der Waals surface area contributed by atoms with E-state index in [-0.39, 0.29) is 16.8 Å².